The Labute approximate surface area is 138 Å². The fourth-order valence-corrected chi connectivity index (χ4v) is 4.76. The third kappa shape index (κ3) is 3.34. The van der Waals surface area contributed by atoms with Gasteiger partial charge in [0.1, 0.15) is 7.28 Å². The van der Waals surface area contributed by atoms with Gasteiger partial charge in [0, 0.05) is 0 Å². The summed E-state index contributed by atoms with van der Waals surface area (Å²) in [5, 5.41) is 0. The Balaban J connectivity index is 2.25. The Kier molecular flexibility index (Phi) is 5.58. The van der Waals surface area contributed by atoms with Gasteiger partial charge in [-0.25, -0.2) is 0 Å². The molecule has 0 aliphatic heterocycles. The maximum atomic E-state index is 4.41. The van der Waals surface area contributed by atoms with Crippen LogP contribution in [-0.4, -0.2) is 7.28 Å². The molecule has 1 aromatic carbocycles. The number of allylic oxidation sites excluding steroid dienone is 1. The van der Waals surface area contributed by atoms with Crippen LogP contribution in [0.2, 0.25) is 5.82 Å². The molecule has 0 spiro atoms. The van der Waals surface area contributed by atoms with Crippen molar-refractivity contribution in [2.75, 3.05) is 0 Å². The van der Waals surface area contributed by atoms with Gasteiger partial charge in [-0.05, 0) is 29.5 Å². The highest BCUT2D eigenvalue weighted by Gasteiger charge is 2.45. The molecule has 0 heterocycles. The number of rotatable bonds is 5. The molecule has 5 atom stereocenters. The quantitative estimate of drug-likeness (QED) is 0.461. The van der Waals surface area contributed by atoms with Gasteiger partial charge in [-0.15, -0.1) is 0 Å². The molecule has 0 bridgehead atoms. The first-order chi connectivity index (χ1) is 10.4. The molecule has 5 unspecified atom stereocenters. The van der Waals surface area contributed by atoms with Gasteiger partial charge in [-0.1, -0.05) is 101 Å². The van der Waals surface area contributed by atoms with Crippen LogP contribution in [0.1, 0.15) is 65.3 Å². The smallest absolute Gasteiger partial charge is 0.0996 e. The van der Waals surface area contributed by atoms with Gasteiger partial charge >= 0.3 is 0 Å². The molecular formula is C21H33B. The second-order valence-corrected chi connectivity index (χ2v) is 7.86. The van der Waals surface area contributed by atoms with Crippen LogP contribution in [-0.2, 0) is 0 Å². The summed E-state index contributed by atoms with van der Waals surface area (Å²) in [6.07, 6.45) is 3.76. The minimum atomic E-state index is 0.424. The maximum absolute atomic E-state index is 4.41. The largest absolute Gasteiger partial charge is 0.133 e. The van der Waals surface area contributed by atoms with Gasteiger partial charge in [0.15, 0.2) is 0 Å². The Morgan fingerprint density at radius 2 is 1.91 bits per heavy atom. The SMILES string of the molecule is C=C1CC(C)(CC)C(BC(C)c2ccccc2)C(CC)C1C. The lowest BCUT2D eigenvalue weighted by atomic mass is 9.38. The predicted octanol–water partition coefficient (Wildman–Crippen LogP) is 6.01. The fraction of sp³-hybridized carbons (Fsp3) is 0.619. The van der Waals surface area contributed by atoms with E-state index in [1.807, 2.05) is 0 Å². The molecule has 0 radical (unpaired) electrons. The highest BCUT2D eigenvalue weighted by Crippen LogP contribution is 2.55. The summed E-state index contributed by atoms with van der Waals surface area (Å²) in [5.74, 6) is 2.91. The van der Waals surface area contributed by atoms with E-state index in [0.29, 0.717) is 17.2 Å². The highest BCUT2D eigenvalue weighted by atomic mass is 14.5. The third-order valence-corrected chi connectivity index (χ3v) is 6.58. The van der Waals surface area contributed by atoms with Crippen molar-refractivity contribution in [1.29, 1.82) is 0 Å². The van der Waals surface area contributed by atoms with E-state index in [9.17, 15) is 0 Å². The second-order valence-electron chi connectivity index (χ2n) is 7.86. The van der Waals surface area contributed by atoms with E-state index < -0.39 is 0 Å². The molecule has 1 aliphatic rings. The minimum absolute atomic E-state index is 0.424. The number of hydrogen-bond donors (Lipinski definition) is 0. The molecule has 120 valence electrons. The van der Waals surface area contributed by atoms with Crippen LogP contribution < -0.4 is 0 Å². The van der Waals surface area contributed by atoms with Crippen molar-refractivity contribution in [3.05, 3.63) is 48.0 Å². The van der Waals surface area contributed by atoms with Crippen LogP contribution >= 0.6 is 0 Å². The van der Waals surface area contributed by atoms with Crippen LogP contribution in [0.3, 0.4) is 0 Å². The Bertz CT molecular complexity index is 492. The number of hydrogen-bond acceptors (Lipinski definition) is 0. The summed E-state index contributed by atoms with van der Waals surface area (Å²) in [4.78, 5) is 0. The Hall–Kier alpha value is -0.975. The second kappa shape index (κ2) is 7.07. The molecule has 1 fully saturated rings. The molecule has 0 N–H and O–H groups in total. The first kappa shape index (κ1) is 17.4. The van der Waals surface area contributed by atoms with Gasteiger partial charge in [-0.2, -0.15) is 0 Å². The summed E-state index contributed by atoms with van der Waals surface area (Å²) in [7, 11) is 1.31. The van der Waals surface area contributed by atoms with E-state index >= 15 is 0 Å². The van der Waals surface area contributed by atoms with E-state index in [1.54, 1.807) is 0 Å². The highest BCUT2D eigenvalue weighted by molar-refractivity contribution is 6.40. The lowest BCUT2D eigenvalue weighted by Crippen LogP contribution is -2.41. The molecule has 0 amide bonds. The predicted molar refractivity (Wildman–Crippen MR) is 101 cm³/mol. The van der Waals surface area contributed by atoms with Gasteiger partial charge in [0.2, 0.25) is 0 Å². The van der Waals surface area contributed by atoms with E-state index in [4.69, 9.17) is 0 Å². The molecule has 1 saturated carbocycles. The summed E-state index contributed by atoms with van der Waals surface area (Å²) in [6, 6.07) is 11.1. The van der Waals surface area contributed by atoms with Crippen LogP contribution in [0.5, 0.6) is 0 Å². The first-order valence-electron chi connectivity index (χ1n) is 9.15. The average Bonchev–Trinajstić information content (AvgIpc) is 2.53. The molecule has 22 heavy (non-hydrogen) atoms. The van der Waals surface area contributed by atoms with E-state index in [2.05, 4.69) is 71.5 Å². The topological polar surface area (TPSA) is 0 Å². The Morgan fingerprint density at radius 1 is 1.27 bits per heavy atom. The van der Waals surface area contributed by atoms with Crippen molar-refractivity contribution in [3.8, 4) is 0 Å². The average molecular weight is 296 g/mol. The third-order valence-electron chi connectivity index (χ3n) is 6.58. The van der Waals surface area contributed by atoms with E-state index in [1.165, 1.54) is 37.7 Å². The van der Waals surface area contributed by atoms with Crippen molar-refractivity contribution in [2.24, 2.45) is 17.3 Å². The molecular weight excluding hydrogens is 263 g/mol. The molecule has 0 aromatic heterocycles. The first-order valence-corrected chi connectivity index (χ1v) is 9.15. The molecule has 2 rings (SSSR count). The van der Waals surface area contributed by atoms with Gasteiger partial charge < -0.3 is 0 Å². The lowest BCUT2D eigenvalue weighted by molar-refractivity contribution is 0.149. The van der Waals surface area contributed by atoms with Gasteiger partial charge in [0.25, 0.3) is 0 Å². The van der Waals surface area contributed by atoms with Crippen molar-refractivity contribution in [1.82, 2.24) is 0 Å². The van der Waals surface area contributed by atoms with Crippen molar-refractivity contribution in [2.45, 2.75) is 65.5 Å². The zero-order valence-electron chi connectivity index (χ0n) is 15.2. The maximum Gasteiger partial charge on any atom is 0.133 e. The zero-order chi connectivity index (χ0) is 16.3. The van der Waals surface area contributed by atoms with Gasteiger partial charge in [-0.3, -0.25) is 0 Å². The van der Waals surface area contributed by atoms with Crippen LogP contribution in [0, 0.1) is 17.3 Å². The normalized spacial score (nSPS) is 33.5. The summed E-state index contributed by atoms with van der Waals surface area (Å²) >= 11 is 0. The molecule has 1 aromatic rings. The van der Waals surface area contributed by atoms with E-state index in [-0.39, 0.29) is 0 Å². The Morgan fingerprint density at radius 3 is 2.45 bits per heavy atom. The standard InChI is InChI=1S/C21H33B/c1-7-19-16(4)15(3)14-21(6,8-2)20(19)22-17(5)18-12-10-9-11-13-18/h9-13,16-17,19-20,22H,3,7-8,14H2,1-2,4-6H3. The molecule has 1 heteroatoms. The molecule has 0 saturated heterocycles. The number of benzene rings is 1. The lowest BCUT2D eigenvalue weighted by Gasteiger charge is -2.50. The van der Waals surface area contributed by atoms with Crippen molar-refractivity contribution in [3.63, 3.8) is 0 Å². The van der Waals surface area contributed by atoms with Gasteiger partial charge in [0.05, 0.1) is 0 Å². The van der Waals surface area contributed by atoms with E-state index in [0.717, 1.165) is 11.7 Å². The minimum Gasteiger partial charge on any atom is -0.0996 e. The molecule has 1 aliphatic carbocycles. The van der Waals surface area contributed by atoms with Crippen molar-refractivity contribution >= 4 is 7.28 Å². The summed E-state index contributed by atoms with van der Waals surface area (Å²) in [5.41, 5.74) is 3.40. The van der Waals surface area contributed by atoms with Crippen LogP contribution in [0.15, 0.2) is 42.5 Å². The zero-order valence-corrected chi connectivity index (χ0v) is 15.2. The summed E-state index contributed by atoms with van der Waals surface area (Å²) < 4.78 is 0. The van der Waals surface area contributed by atoms with Crippen LogP contribution in [0.4, 0.5) is 0 Å². The van der Waals surface area contributed by atoms with Crippen LogP contribution in [0.25, 0.3) is 0 Å². The summed E-state index contributed by atoms with van der Waals surface area (Å²) in [6.45, 7) is 16.5. The van der Waals surface area contributed by atoms with Crippen molar-refractivity contribution < 1.29 is 0 Å². The monoisotopic (exact) mass is 296 g/mol. The molecule has 0 nitrogen and oxygen atoms in total. The fourth-order valence-electron chi connectivity index (χ4n) is 4.76.